The van der Waals surface area contributed by atoms with Gasteiger partial charge in [0.05, 0.1) is 5.69 Å². The standard InChI is InChI=1S/C14H14FN3/c1-2-12-11-7-16-8-13(11)18-14(17-12)9-3-5-10(15)6-4-9/h3-6,16H,2,7-8H2,1H3. The average Bonchev–Trinajstić information content (AvgIpc) is 2.86. The molecule has 0 saturated carbocycles. The summed E-state index contributed by atoms with van der Waals surface area (Å²) in [7, 11) is 0. The van der Waals surface area contributed by atoms with E-state index in [1.54, 1.807) is 12.1 Å². The molecule has 1 aliphatic rings. The fourth-order valence-corrected chi connectivity index (χ4v) is 2.26. The van der Waals surface area contributed by atoms with Crippen LogP contribution in [0.3, 0.4) is 0 Å². The Hall–Kier alpha value is -1.81. The Balaban J connectivity index is 2.10. The number of aryl methyl sites for hydroxylation is 1. The number of fused-ring (bicyclic) bond motifs is 1. The summed E-state index contributed by atoms with van der Waals surface area (Å²) < 4.78 is 12.9. The van der Waals surface area contributed by atoms with Crippen molar-refractivity contribution < 1.29 is 4.39 Å². The molecule has 1 aromatic carbocycles. The fraction of sp³-hybridized carbons (Fsp3) is 0.286. The first-order valence-corrected chi connectivity index (χ1v) is 6.13. The molecule has 1 aromatic heterocycles. The second-order valence-electron chi connectivity index (χ2n) is 4.38. The Morgan fingerprint density at radius 1 is 1.17 bits per heavy atom. The molecule has 0 unspecified atom stereocenters. The Bertz CT molecular complexity index is 578. The van der Waals surface area contributed by atoms with E-state index in [1.165, 1.54) is 17.7 Å². The monoisotopic (exact) mass is 243 g/mol. The Kier molecular flexibility index (Phi) is 2.80. The average molecular weight is 243 g/mol. The van der Waals surface area contributed by atoms with E-state index in [2.05, 4.69) is 22.2 Å². The molecule has 92 valence electrons. The van der Waals surface area contributed by atoms with Crippen molar-refractivity contribution in [2.75, 3.05) is 0 Å². The van der Waals surface area contributed by atoms with E-state index in [1.807, 2.05) is 0 Å². The zero-order valence-electron chi connectivity index (χ0n) is 10.2. The SMILES string of the molecule is CCc1nc(-c2ccc(F)cc2)nc2c1CNC2. The van der Waals surface area contributed by atoms with Gasteiger partial charge in [-0.25, -0.2) is 14.4 Å². The van der Waals surface area contributed by atoms with Gasteiger partial charge in [0.15, 0.2) is 5.82 Å². The van der Waals surface area contributed by atoms with Crippen LogP contribution in [0.4, 0.5) is 4.39 Å². The predicted molar refractivity (Wildman–Crippen MR) is 67.3 cm³/mol. The van der Waals surface area contributed by atoms with Crippen molar-refractivity contribution in [3.05, 3.63) is 47.0 Å². The molecular weight excluding hydrogens is 229 g/mol. The summed E-state index contributed by atoms with van der Waals surface area (Å²) in [4.78, 5) is 9.15. The number of hydrogen-bond acceptors (Lipinski definition) is 3. The minimum absolute atomic E-state index is 0.239. The van der Waals surface area contributed by atoms with Gasteiger partial charge >= 0.3 is 0 Å². The summed E-state index contributed by atoms with van der Waals surface area (Å²) in [6.07, 6.45) is 0.890. The van der Waals surface area contributed by atoms with Gasteiger partial charge < -0.3 is 5.32 Å². The van der Waals surface area contributed by atoms with Crippen molar-refractivity contribution in [2.45, 2.75) is 26.4 Å². The minimum atomic E-state index is -0.239. The number of rotatable bonds is 2. The minimum Gasteiger partial charge on any atom is -0.307 e. The van der Waals surface area contributed by atoms with Gasteiger partial charge in [-0.2, -0.15) is 0 Å². The molecule has 0 fully saturated rings. The van der Waals surface area contributed by atoms with Crippen molar-refractivity contribution >= 4 is 0 Å². The molecule has 0 aliphatic carbocycles. The first-order chi connectivity index (χ1) is 8.78. The van der Waals surface area contributed by atoms with Crippen molar-refractivity contribution in [3.63, 3.8) is 0 Å². The van der Waals surface area contributed by atoms with Crippen LogP contribution in [0.1, 0.15) is 23.9 Å². The largest absolute Gasteiger partial charge is 0.307 e. The van der Waals surface area contributed by atoms with E-state index in [0.717, 1.165) is 36.5 Å². The van der Waals surface area contributed by atoms with Crippen LogP contribution in [0.25, 0.3) is 11.4 Å². The van der Waals surface area contributed by atoms with Gasteiger partial charge in [-0.05, 0) is 30.7 Å². The second kappa shape index (κ2) is 4.46. The molecule has 0 saturated heterocycles. The molecule has 4 heteroatoms. The lowest BCUT2D eigenvalue weighted by Gasteiger charge is -2.08. The molecule has 2 aromatic rings. The molecule has 3 rings (SSSR count). The van der Waals surface area contributed by atoms with Crippen molar-refractivity contribution in [3.8, 4) is 11.4 Å². The molecule has 3 nitrogen and oxygen atoms in total. The number of benzene rings is 1. The number of hydrogen-bond donors (Lipinski definition) is 1. The zero-order chi connectivity index (χ0) is 12.5. The maximum atomic E-state index is 12.9. The van der Waals surface area contributed by atoms with E-state index >= 15 is 0 Å². The first-order valence-electron chi connectivity index (χ1n) is 6.13. The summed E-state index contributed by atoms with van der Waals surface area (Å²) in [5.41, 5.74) is 4.25. The van der Waals surface area contributed by atoms with Crippen LogP contribution in [0.15, 0.2) is 24.3 Å². The maximum absolute atomic E-state index is 12.9. The van der Waals surface area contributed by atoms with Crippen LogP contribution in [0, 0.1) is 5.82 Å². The normalized spacial score (nSPS) is 13.7. The molecule has 0 radical (unpaired) electrons. The van der Waals surface area contributed by atoms with Crippen molar-refractivity contribution in [1.29, 1.82) is 0 Å². The van der Waals surface area contributed by atoms with E-state index in [0.29, 0.717) is 5.82 Å². The Labute approximate surface area is 105 Å². The van der Waals surface area contributed by atoms with Crippen LogP contribution >= 0.6 is 0 Å². The molecule has 18 heavy (non-hydrogen) atoms. The zero-order valence-corrected chi connectivity index (χ0v) is 10.2. The van der Waals surface area contributed by atoms with Crippen LogP contribution in [-0.4, -0.2) is 9.97 Å². The van der Waals surface area contributed by atoms with Gasteiger partial charge in [-0.3, -0.25) is 0 Å². The van der Waals surface area contributed by atoms with Crippen molar-refractivity contribution in [2.24, 2.45) is 0 Å². The lowest BCUT2D eigenvalue weighted by Crippen LogP contribution is -2.02. The highest BCUT2D eigenvalue weighted by Crippen LogP contribution is 2.22. The smallest absolute Gasteiger partial charge is 0.159 e. The van der Waals surface area contributed by atoms with E-state index in [-0.39, 0.29) is 5.82 Å². The molecule has 2 heterocycles. The van der Waals surface area contributed by atoms with Gasteiger partial charge in [0.1, 0.15) is 5.82 Å². The quantitative estimate of drug-likeness (QED) is 0.880. The van der Waals surface area contributed by atoms with Gasteiger partial charge in [-0.1, -0.05) is 6.92 Å². The third-order valence-electron chi connectivity index (χ3n) is 3.21. The lowest BCUT2D eigenvalue weighted by atomic mass is 10.1. The highest BCUT2D eigenvalue weighted by atomic mass is 19.1. The first kappa shape index (κ1) is 11.3. The van der Waals surface area contributed by atoms with Gasteiger partial charge in [-0.15, -0.1) is 0 Å². The molecule has 0 bridgehead atoms. The van der Waals surface area contributed by atoms with E-state index < -0.39 is 0 Å². The van der Waals surface area contributed by atoms with E-state index in [9.17, 15) is 4.39 Å². The maximum Gasteiger partial charge on any atom is 0.159 e. The number of nitrogens with zero attached hydrogens (tertiary/aromatic N) is 2. The molecule has 1 aliphatic heterocycles. The number of aromatic nitrogens is 2. The van der Waals surface area contributed by atoms with Gasteiger partial charge in [0.25, 0.3) is 0 Å². The summed E-state index contributed by atoms with van der Waals surface area (Å²) in [6, 6.07) is 6.32. The highest BCUT2D eigenvalue weighted by Gasteiger charge is 2.18. The third-order valence-corrected chi connectivity index (χ3v) is 3.21. The Morgan fingerprint density at radius 2 is 1.94 bits per heavy atom. The van der Waals surface area contributed by atoms with Crippen LogP contribution in [-0.2, 0) is 19.5 Å². The van der Waals surface area contributed by atoms with E-state index in [4.69, 9.17) is 0 Å². The van der Waals surface area contributed by atoms with Crippen LogP contribution in [0.5, 0.6) is 0 Å². The highest BCUT2D eigenvalue weighted by molar-refractivity contribution is 5.56. The molecular formula is C14H14FN3. The van der Waals surface area contributed by atoms with Gasteiger partial charge in [0, 0.05) is 29.9 Å². The number of nitrogens with one attached hydrogen (secondary N) is 1. The van der Waals surface area contributed by atoms with Gasteiger partial charge in [0.2, 0.25) is 0 Å². The third kappa shape index (κ3) is 1.88. The predicted octanol–water partition coefficient (Wildman–Crippen LogP) is 2.45. The Morgan fingerprint density at radius 3 is 2.67 bits per heavy atom. The molecule has 1 N–H and O–H groups in total. The summed E-state index contributed by atoms with van der Waals surface area (Å²) in [6.45, 7) is 3.73. The second-order valence-corrected chi connectivity index (χ2v) is 4.38. The summed E-state index contributed by atoms with van der Waals surface area (Å²) in [5, 5.41) is 3.29. The molecule has 0 amide bonds. The molecule has 0 atom stereocenters. The molecule has 0 spiro atoms. The lowest BCUT2D eigenvalue weighted by molar-refractivity contribution is 0.628. The summed E-state index contributed by atoms with van der Waals surface area (Å²) in [5.74, 6) is 0.451. The fourth-order valence-electron chi connectivity index (χ4n) is 2.26. The topological polar surface area (TPSA) is 37.8 Å². The summed E-state index contributed by atoms with van der Waals surface area (Å²) >= 11 is 0. The van der Waals surface area contributed by atoms with Crippen LogP contribution < -0.4 is 5.32 Å². The number of halogens is 1. The van der Waals surface area contributed by atoms with Crippen molar-refractivity contribution in [1.82, 2.24) is 15.3 Å². The van der Waals surface area contributed by atoms with Crippen LogP contribution in [0.2, 0.25) is 0 Å².